The third-order valence-electron chi connectivity index (χ3n) is 2.90. The summed E-state index contributed by atoms with van der Waals surface area (Å²) in [6, 6.07) is 9.18. The van der Waals surface area contributed by atoms with Crippen molar-refractivity contribution in [1.82, 2.24) is 0 Å². The Balaban J connectivity index is 0. The van der Waals surface area contributed by atoms with Crippen molar-refractivity contribution >= 4 is 5.78 Å². The van der Waals surface area contributed by atoms with Crippen molar-refractivity contribution in [3.63, 3.8) is 0 Å². The monoisotopic (exact) mass is 500 g/mol. The molecule has 0 fully saturated rings. The molecule has 0 saturated heterocycles. The van der Waals surface area contributed by atoms with E-state index in [1.165, 1.54) is 11.1 Å². The second-order valence-electron chi connectivity index (χ2n) is 7.54. The molecule has 23 heavy (non-hydrogen) atoms. The predicted molar refractivity (Wildman–Crippen MR) is 89.4 cm³/mol. The normalized spacial score (nSPS) is 12.4. The zero-order valence-electron chi connectivity index (χ0n) is 15.3. The van der Waals surface area contributed by atoms with Gasteiger partial charge in [0.2, 0.25) is 5.83 Å². The van der Waals surface area contributed by atoms with Crippen LogP contribution in [-0.4, -0.2) is 10.9 Å². The summed E-state index contributed by atoms with van der Waals surface area (Å²) in [5.74, 6) is -2.16. The van der Waals surface area contributed by atoms with Crippen molar-refractivity contribution in [3.8, 4) is 0 Å². The second-order valence-corrected chi connectivity index (χ2v) is 7.54. The molecule has 0 saturated carbocycles. The van der Waals surface area contributed by atoms with E-state index in [2.05, 4.69) is 19.1 Å². The van der Waals surface area contributed by atoms with Gasteiger partial charge in [0.15, 0.2) is 5.78 Å². The molecule has 0 atom stereocenters. The summed E-state index contributed by atoms with van der Waals surface area (Å²) < 4.78 is 13.5. The first-order chi connectivity index (χ1) is 9.76. The number of rotatable bonds is 1. The largest absolute Gasteiger partial charge is 0.509 e. The molecule has 0 bridgehead atoms. The predicted octanol–water partition coefficient (Wildman–Crippen LogP) is 5.49. The molecule has 1 aromatic carbocycles. The van der Waals surface area contributed by atoms with E-state index < -0.39 is 28.2 Å². The third-order valence-corrected chi connectivity index (χ3v) is 2.90. The Morgan fingerprint density at radius 3 is 1.83 bits per heavy atom. The van der Waals surface area contributed by atoms with Crippen LogP contribution in [0.1, 0.15) is 52.7 Å². The SMILES string of the molecule is CC(C)(C)C(=O)/C(F)=C(\O)C(C)(C)C.Cc1[c-]ccc(C)c1.[Ir]. The number of ketones is 1. The fourth-order valence-corrected chi connectivity index (χ4v) is 1.50. The number of halogens is 1. The number of allylic oxidation sites excluding steroid dienone is 2. The van der Waals surface area contributed by atoms with E-state index in [1.54, 1.807) is 41.5 Å². The number of aliphatic hydroxyl groups excluding tert-OH is 1. The Hall–Kier alpha value is -0.991. The Kier molecular flexibility index (Phi) is 9.85. The molecule has 1 aromatic rings. The van der Waals surface area contributed by atoms with Crippen molar-refractivity contribution < 1.29 is 34.4 Å². The van der Waals surface area contributed by atoms with Crippen molar-refractivity contribution in [2.45, 2.75) is 55.4 Å². The van der Waals surface area contributed by atoms with Crippen LogP contribution in [0.4, 0.5) is 4.39 Å². The number of carbonyl (C=O) groups is 1. The van der Waals surface area contributed by atoms with Crippen LogP contribution in [0.15, 0.2) is 29.8 Å². The molecule has 1 radical (unpaired) electrons. The maximum absolute atomic E-state index is 13.5. The summed E-state index contributed by atoms with van der Waals surface area (Å²) in [6.07, 6.45) is 0. The van der Waals surface area contributed by atoms with Crippen LogP contribution in [0.3, 0.4) is 0 Å². The molecule has 0 amide bonds. The molecule has 1 rings (SSSR count). The number of hydrogen-bond donors (Lipinski definition) is 1. The first-order valence-corrected chi connectivity index (χ1v) is 7.35. The Labute approximate surface area is 153 Å². The minimum atomic E-state index is -1.02. The van der Waals surface area contributed by atoms with Gasteiger partial charge in [0.25, 0.3) is 0 Å². The number of aliphatic hydroxyl groups is 1. The van der Waals surface area contributed by atoms with E-state index in [1.807, 2.05) is 19.1 Å². The average molecular weight is 500 g/mol. The zero-order valence-corrected chi connectivity index (χ0v) is 17.7. The van der Waals surface area contributed by atoms with Crippen LogP contribution in [0.25, 0.3) is 0 Å². The van der Waals surface area contributed by atoms with Crippen LogP contribution in [0, 0.1) is 30.7 Å². The standard InChI is InChI=1S/C11H19FO2.C8H9.Ir/c1-10(2,3)8(13)7(12)9(14)11(4,5)6;1-7-4-3-5-8(2)6-7;/h13H,1-6H3;3-4,6H,1-2H3;/q;-1;/b8-7+;;. The van der Waals surface area contributed by atoms with E-state index in [0.717, 1.165) is 0 Å². The van der Waals surface area contributed by atoms with Crippen LogP contribution < -0.4 is 0 Å². The molecule has 1 N–H and O–H groups in total. The van der Waals surface area contributed by atoms with E-state index >= 15 is 0 Å². The molecule has 0 aliphatic carbocycles. The van der Waals surface area contributed by atoms with Crippen molar-refractivity contribution in [2.75, 3.05) is 0 Å². The summed E-state index contributed by atoms with van der Waals surface area (Å²) in [6.45, 7) is 13.9. The van der Waals surface area contributed by atoms with Crippen LogP contribution >= 0.6 is 0 Å². The maximum Gasteiger partial charge on any atom is 0.204 e. The third kappa shape index (κ3) is 9.02. The Morgan fingerprint density at radius 2 is 1.57 bits per heavy atom. The summed E-state index contributed by atoms with van der Waals surface area (Å²) in [7, 11) is 0. The quantitative estimate of drug-likeness (QED) is 0.315. The van der Waals surface area contributed by atoms with Gasteiger partial charge in [-0.3, -0.25) is 4.79 Å². The summed E-state index contributed by atoms with van der Waals surface area (Å²) in [4.78, 5) is 11.5. The van der Waals surface area contributed by atoms with Crippen molar-refractivity contribution in [3.05, 3.63) is 47.0 Å². The van der Waals surface area contributed by atoms with Gasteiger partial charge in [-0.2, -0.15) is 39.8 Å². The van der Waals surface area contributed by atoms with Crippen LogP contribution in [0.2, 0.25) is 0 Å². The minimum Gasteiger partial charge on any atom is -0.509 e. The van der Waals surface area contributed by atoms with Crippen molar-refractivity contribution in [2.24, 2.45) is 10.8 Å². The van der Waals surface area contributed by atoms with Gasteiger partial charge in [-0.05, 0) is 0 Å². The Bertz CT molecular complexity index is 532. The maximum atomic E-state index is 13.5. The Morgan fingerprint density at radius 1 is 1.09 bits per heavy atom. The summed E-state index contributed by atoms with van der Waals surface area (Å²) in [5.41, 5.74) is 0.986. The van der Waals surface area contributed by atoms with Gasteiger partial charge in [0.05, 0.1) is 0 Å². The molecule has 0 spiro atoms. The van der Waals surface area contributed by atoms with E-state index in [9.17, 15) is 14.3 Å². The van der Waals surface area contributed by atoms with Gasteiger partial charge in [-0.1, -0.05) is 55.4 Å². The number of benzene rings is 1. The van der Waals surface area contributed by atoms with E-state index in [-0.39, 0.29) is 20.1 Å². The molecular formula is C19H28FIrO2-. The van der Waals surface area contributed by atoms with Gasteiger partial charge in [-0.25, -0.2) is 0 Å². The minimum absolute atomic E-state index is 0. The molecule has 0 aliphatic rings. The fraction of sp³-hybridized carbons (Fsp3) is 0.526. The molecule has 2 nitrogen and oxygen atoms in total. The van der Waals surface area contributed by atoms with Crippen LogP contribution in [0.5, 0.6) is 0 Å². The van der Waals surface area contributed by atoms with Crippen LogP contribution in [-0.2, 0) is 24.9 Å². The number of hydrogen-bond acceptors (Lipinski definition) is 2. The smallest absolute Gasteiger partial charge is 0.204 e. The molecule has 0 heterocycles. The molecule has 0 unspecified atom stereocenters. The van der Waals surface area contributed by atoms with Crippen molar-refractivity contribution in [1.29, 1.82) is 0 Å². The van der Waals surface area contributed by atoms with E-state index in [0.29, 0.717) is 0 Å². The zero-order chi connectivity index (χ0) is 17.7. The number of Topliss-reactive ketones (excluding diaryl/α,β-unsaturated/α-hetero) is 1. The summed E-state index contributed by atoms with van der Waals surface area (Å²) >= 11 is 0. The summed E-state index contributed by atoms with van der Waals surface area (Å²) in [5, 5.41) is 9.47. The molecule has 4 heteroatoms. The first-order valence-electron chi connectivity index (χ1n) is 7.35. The van der Waals surface area contributed by atoms with Gasteiger partial charge in [0, 0.05) is 30.9 Å². The number of carbonyl (C=O) groups excluding carboxylic acids is 1. The van der Waals surface area contributed by atoms with E-state index in [4.69, 9.17) is 0 Å². The second kappa shape index (κ2) is 9.34. The molecule has 133 valence electrons. The molecular weight excluding hydrogens is 471 g/mol. The molecule has 0 aliphatic heterocycles. The molecule has 0 aromatic heterocycles. The first kappa shape index (κ1) is 24.3. The fourth-order valence-electron chi connectivity index (χ4n) is 1.50. The topological polar surface area (TPSA) is 37.3 Å². The van der Waals surface area contributed by atoms with Gasteiger partial charge in [-0.15, -0.1) is 0 Å². The van der Waals surface area contributed by atoms with Gasteiger partial charge >= 0.3 is 0 Å². The van der Waals surface area contributed by atoms with Gasteiger partial charge in [0.1, 0.15) is 5.76 Å². The number of aryl methyl sites for hydroxylation is 2. The average Bonchev–Trinajstić information content (AvgIpc) is 2.34. The van der Waals surface area contributed by atoms with Gasteiger partial charge < -0.3 is 5.11 Å².